The summed E-state index contributed by atoms with van der Waals surface area (Å²) in [5, 5.41) is 0. The Labute approximate surface area is 167 Å². The second kappa shape index (κ2) is 7.54. The fraction of sp³-hybridized carbons (Fsp3) is 0.364. The highest BCUT2D eigenvalue weighted by atomic mass is 19.4. The van der Waals surface area contributed by atoms with E-state index >= 15 is 0 Å². The minimum atomic E-state index is -4.39. The maximum atomic E-state index is 12.7. The number of piperidine rings is 1. The van der Waals surface area contributed by atoms with Crippen molar-refractivity contribution in [3.8, 4) is 0 Å². The van der Waals surface area contributed by atoms with Crippen LogP contribution in [-0.2, 0) is 12.7 Å². The van der Waals surface area contributed by atoms with Crippen LogP contribution in [0.4, 0.5) is 13.2 Å². The summed E-state index contributed by atoms with van der Waals surface area (Å²) in [5.74, 6) is 1.21. The molecule has 7 heteroatoms. The molecule has 0 saturated carbocycles. The summed E-state index contributed by atoms with van der Waals surface area (Å²) in [5.41, 5.74) is 1.66. The second-order valence-electron chi connectivity index (χ2n) is 7.57. The van der Waals surface area contributed by atoms with Crippen LogP contribution < -0.4 is 0 Å². The van der Waals surface area contributed by atoms with Crippen molar-refractivity contribution in [2.45, 2.75) is 32.5 Å². The van der Waals surface area contributed by atoms with Gasteiger partial charge < -0.3 is 9.47 Å². The first-order valence-electron chi connectivity index (χ1n) is 9.71. The summed E-state index contributed by atoms with van der Waals surface area (Å²) in [6.45, 7) is 4.07. The van der Waals surface area contributed by atoms with Gasteiger partial charge in [0.2, 0.25) is 0 Å². The van der Waals surface area contributed by atoms with Crippen molar-refractivity contribution in [2.75, 3.05) is 13.1 Å². The molecule has 1 aromatic heterocycles. The van der Waals surface area contributed by atoms with Gasteiger partial charge in [-0.25, -0.2) is 4.98 Å². The Morgan fingerprint density at radius 1 is 1.07 bits per heavy atom. The average Bonchev–Trinajstić information content (AvgIpc) is 3.03. The van der Waals surface area contributed by atoms with Gasteiger partial charge in [-0.1, -0.05) is 12.1 Å². The third-order valence-corrected chi connectivity index (χ3v) is 5.65. The first kappa shape index (κ1) is 19.5. The zero-order chi connectivity index (χ0) is 20.6. The molecule has 0 atom stereocenters. The molecule has 1 saturated heterocycles. The molecule has 3 aromatic rings. The number of carbonyl (C=O) groups is 1. The zero-order valence-electron chi connectivity index (χ0n) is 16.1. The number of aryl methyl sites for hydroxylation is 1. The standard InChI is InChI=1S/C22H22F3N3O/c1-15-26-19-4-2-3-5-20(19)28(15)14-16-10-12-27(13-11-16)21(29)17-6-8-18(9-7-17)22(23,24)25/h2-9,16H,10-14H2,1H3. The fourth-order valence-electron chi connectivity index (χ4n) is 3.99. The first-order chi connectivity index (χ1) is 13.8. The van der Waals surface area contributed by atoms with E-state index in [4.69, 9.17) is 0 Å². The number of imidazole rings is 1. The van der Waals surface area contributed by atoms with E-state index in [9.17, 15) is 18.0 Å². The van der Waals surface area contributed by atoms with Crippen LogP contribution in [0.3, 0.4) is 0 Å². The fourth-order valence-corrected chi connectivity index (χ4v) is 3.99. The molecule has 0 radical (unpaired) electrons. The average molecular weight is 401 g/mol. The predicted molar refractivity (Wildman–Crippen MR) is 105 cm³/mol. The number of amides is 1. The van der Waals surface area contributed by atoms with Gasteiger partial charge in [0.15, 0.2) is 0 Å². The number of halogens is 3. The van der Waals surface area contributed by atoms with Gasteiger partial charge in [-0.05, 0) is 62.1 Å². The number of likely N-dealkylation sites (tertiary alicyclic amines) is 1. The van der Waals surface area contributed by atoms with E-state index in [-0.39, 0.29) is 5.91 Å². The Hall–Kier alpha value is -2.83. The number of nitrogens with zero attached hydrogens (tertiary/aromatic N) is 3. The SMILES string of the molecule is Cc1nc2ccccc2n1CC1CCN(C(=O)c2ccc(C(F)(F)F)cc2)CC1. The number of fused-ring (bicyclic) bond motifs is 1. The van der Waals surface area contributed by atoms with Crippen molar-refractivity contribution >= 4 is 16.9 Å². The lowest BCUT2D eigenvalue weighted by atomic mass is 9.96. The molecule has 1 aliphatic heterocycles. The molecular formula is C22H22F3N3O. The molecule has 2 aromatic carbocycles. The van der Waals surface area contributed by atoms with E-state index in [1.165, 1.54) is 12.1 Å². The summed E-state index contributed by atoms with van der Waals surface area (Å²) < 4.78 is 40.3. The maximum Gasteiger partial charge on any atom is 0.416 e. The Balaban J connectivity index is 1.39. The van der Waals surface area contributed by atoms with Crippen molar-refractivity contribution in [1.82, 2.24) is 14.5 Å². The summed E-state index contributed by atoms with van der Waals surface area (Å²) in [7, 11) is 0. The van der Waals surface area contributed by atoms with Crippen LogP contribution >= 0.6 is 0 Å². The summed E-state index contributed by atoms with van der Waals surface area (Å²) in [6.07, 6.45) is -2.67. The number of rotatable bonds is 3. The van der Waals surface area contributed by atoms with Gasteiger partial charge in [-0.3, -0.25) is 4.79 Å². The topological polar surface area (TPSA) is 38.1 Å². The predicted octanol–water partition coefficient (Wildman–Crippen LogP) is 4.92. The molecule has 4 nitrogen and oxygen atoms in total. The van der Waals surface area contributed by atoms with E-state index in [0.29, 0.717) is 24.6 Å². The Morgan fingerprint density at radius 3 is 2.38 bits per heavy atom. The molecule has 29 heavy (non-hydrogen) atoms. The lowest BCUT2D eigenvalue weighted by Gasteiger charge is -2.32. The summed E-state index contributed by atoms with van der Waals surface area (Å²) >= 11 is 0. The van der Waals surface area contributed by atoms with E-state index in [0.717, 1.165) is 48.4 Å². The minimum absolute atomic E-state index is 0.207. The first-order valence-corrected chi connectivity index (χ1v) is 9.71. The monoisotopic (exact) mass is 401 g/mol. The van der Waals surface area contributed by atoms with E-state index < -0.39 is 11.7 Å². The minimum Gasteiger partial charge on any atom is -0.339 e. The van der Waals surface area contributed by atoms with Crippen LogP contribution in [0.25, 0.3) is 11.0 Å². The molecule has 1 amide bonds. The van der Waals surface area contributed by atoms with Crippen LogP contribution in [0.2, 0.25) is 0 Å². The number of carbonyl (C=O) groups excluding carboxylic acids is 1. The molecule has 152 valence electrons. The Bertz CT molecular complexity index is 1020. The molecule has 4 rings (SSSR count). The number of hydrogen-bond donors (Lipinski definition) is 0. The second-order valence-corrected chi connectivity index (χ2v) is 7.57. The summed E-state index contributed by atoms with van der Waals surface area (Å²) in [6, 6.07) is 12.5. The van der Waals surface area contributed by atoms with Crippen LogP contribution in [-0.4, -0.2) is 33.4 Å². The molecule has 0 bridgehead atoms. The number of para-hydroxylation sites is 2. The van der Waals surface area contributed by atoms with Gasteiger partial charge >= 0.3 is 6.18 Å². The zero-order valence-corrected chi connectivity index (χ0v) is 16.1. The van der Waals surface area contributed by atoms with Gasteiger partial charge in [0, 0.05) is 25.2 Å². The van der Waals surface area contributed by atoms with E-state index in [1.807, 2.05) is 25.1 Å². The van der Waals surface area contributed by atoms with Crippen molar-refractivity contribution in [1.29, 1.82) is 0 Å². The lowest BCUT2D eigenvalue weighted by molar-refractivity contribution is -0.137. The number of alkyl halides is 3. The third kappa shape index (κ3) is 3.99. The lowest BCUT2D eigenvalue weighted by Crippen LogP contribution is -2.39. The van der Waals surface area contributed by atoms with Crippen molar-refractivity contribution in [3.63, 3.8) is 0 Å². The Morgan fingerprint density at radius 2 is 1.72 bits per heavy atom. The smallest absolute Gasteiger partial charge is 0.339 e. The van der Waals surface area contributed by atoms with Gasteiger partial charge in [-0.15, -0.1) is 0 Å². The highest BCUT2D eigenvalue weighted by Crippen LogP contribution is 2.30. The maximum absolute atomic E-state index is 12.7. The largest absolute Gasteiger partial charge is 0.416 e. The number of hydrogen-bond acceptors (Lipinski definition) is 2. The van der Waals surface area contributed by atoms with Crippen LogP contribution in [0, 0.1) is 12.8 Å². The van der Waals surface area contributed by atoms with Gasteiger partial charge in [-0.2, -0.15) is 13.2 Å². The van der Waals surface area contributed by atoms with Gasteiger partial charge in [0.05, 0.1) is 16.6 Å². The molecule has 0 spiro atoms. The van der Waals surface area contributed by atoms with Crippen LogP contribution in [0.1, 0.15) is 34.6 Å². The number of benzene rings is 2. The van der Waals surface area contributed by atoms with E-state index in [2.05, 4.69) is 15.6 Å². The molecule has 0 unspecified atom stereocenters. The highest BCUT2D eigenvalue weighted by Gasteiger charge is 2.31. The summed E-state index contributed by atoms with van der Waals surface area (Å²) in [4.78, 5) is 19.0. The van der Waals surface area contributed by atoms with Crippen molar-refractivity contribution in [3.05, 3.63) is 65.5 Å². The molecule has 2 heterocycles. The quantitative estimate of drug-likeness (QED) is 0.625. The molecule has 1 aliphatic rings. The Kier molecular flexibility index (Phi) is 5.06. The molecule has 0 aliphatic carbocycles. The third-order valence-electron chi connectivity index (χ3n) is 5.65. The molecule has 0 N–H and O–H groups in total. The molecular weight excluding hydrogens is 379 g/mol. The van der Waals surface area contributed by atoms with Crippen molar-refractivity contribution < 1.29 is 18.0 Å². The van der Waals surface area contributed by atoms with Crippen LogP contribution in [0.5, 0.6) is 0 Å². The van der Waals surface area contributed by atoms with Gasteiger partial charge in [0.1, 0.15) is 5.82 Å². The normalized spacial score (nSPS) is 15.8. The van der Waals surface area contributed by atoms with Crippen LogP contribution in [0.15, 0.2) is 48.5 Å². The van der Waals surface area contributed by atoms with Gasteiger partial charge in [0.25, 0.3) is 5.91 Å². The highest BCUT2D eigenvalue weighted by molar-refractivity contribution is 5.94. The van der Waals surface area contributed by atoms with Crippen molar-refractivity contribution in [2.24, 2.45) is 5.92 Å². The van der Waals surface area contributed by atoms with E-state index in [1.54, 1.807) is 4.90 Å². The number of aromatic nitrogens is 2. The molecule has 1 fully saturated rings.